The molecule has 0 atom stereocenters. The molecule has 0 spiro atoms. The fourth-order valence-corrected chi connectivity index (χ4v) is 2.20. The van der Waals surface area contributed by atoms with Crippen molar-refractivity contribution in [3.05, 3.63) is 36.0 Å². The fraction of sp³-hybridized carbons (Fsp3) is 0.308. The molecule has 3 rings (SSSR count). The molecule has 7 heteroatoms. The Bertz CT molecular complexity index is 625. The third kappa shape index (κ3) is 2.48. The van der Waals surface area contributed by atoms with Crippen LogP contribution in [-0.4, -0.2) is 22.6 Å². The zero-order valence-electron chi connectivity index (χ0n) is 10.9. The SMILES string of the molecule is NCc1nc(CN2CCC(=O)Nc3ccccc32)no1. The van der Waals surface area contributed by atoms with Gasteiger partial charge in [0.05, 0.1) is 24.5 Å². The number of nitrogens with zero attached hydrogens (tertiary/aromatic N) is 3. The van der Waals surface area contributed by atoms with E-state index in [2.05, 4.69) is 20.4 Å². The number of anilines is 2. The number of nitrogens with two attached hydrogens (primary N) is 1. The van der Waals surface area contributed by atoms with Gasteiger partial charge in [-0.1, -0.05) is 17.3 Å². The summed E-state index contributed by atoms with van der Waals surface area (Å²) in [6, 6.07) is 7.67. The Morgan fingerprint density at radius 3 is 3.05 bits per heavy atom. The molecule has 1 aromatic carbocycles. The van der Waals surface area contributed by atoms with E-state index in [9.17, 15) is 4.79 Å². The van der Waals surface area contributed by atoms with Gasteiger partial charge in [-0.15, -0.1) is 0 Å². The molecule has 1 amide bonds. The molecule has 0 fully saturated rings. The Kier molecular flexibility index (Phi) is 3.34. The van der Waals surface area contributed by atoms with Crippen LogP contribution in [0, 0.1) is 0 Å². The number of aromatic nitrogens is 2. The lowest BCUT2D eigenvalue weighted by Crippen LogP contribution is -2.24. The normalized spacial score (nSPS) is 14.7. The minimum absolute atomic E-state index is 0.00992. The van der Waals surface area contributed by atoms with E-state index in [0.29, 0.717) is 31.2 Å². The number of hydrogen-bond acceptors (Lipinski definition) is 6. The summed E-state index contributed by atoms with van der Waals surface area (Å²) in [5.41, 5.74) is 7.21. The topological polar surface area (TPSA) is 97.3 Å². The van der Waals surface area contributed by atoms with Crippen molar-refractivity contribution in [2.75, 3.05) is 16.8 Å². The summed E-state index contributed by atoms with van der Waals surface area (Å²) in [5, 5.41) is 6.78. The van der Waals surface area contributed by atoms with Gasteiger partial charge in [0.25, 0.3) is 0 Å². The Morgan fingerprint density at radius 1 is 1.40 bits per heavy atom. The summed E-state index contributed by atoms with van der Waals surface area (Å²) in [5.74, 6) is 0.989. The van der Waals surface area contributed by atoms with Gasteiger partial charge >= 0.3 is 0 Å². The van der Waals surface area contributed by atoms with Crippen molar-refractivity contribution in [2.45, 2.75) is 19.5 Å². The number of rotatable bonds is 3. The zero-order valence-corrected chi connectivity index (χ0v) is 10.9. The summed E-state index contributed by atoms with van der Waals surface area (Å²) in [6.07, 6.45) is 0.427. The minimum Gasteiger partial charge on any atom is -0.362 e. The van der Waals surface area contributed by atoms with Crippen LogP contribution in [-0.2, 0) is 17.9 Å². The molecule has 2 aromatic rings. The molecule has 1 aliphatic heterocycles. The molecule has 2 heterocycles. The number of amides is 1. The highest BCUT2D eigenvalue weighted by atomic mass is 16.5. The molecule has 20 heavy (non-hydrogen) atoms. The van der Waals surface area contributed by atoms with E-state index >= 15 is 0 Å². The lowest BCUT2D eigenvalue weighted by molar-refractivity contribution is -0.115. The third-order valence-corrected chi connectivity index (χ3v) is 3.14. The van der Waals surface area contributed by atoms with Gasteiger partial charge in [-0.3, -0.25) is 4.79 Å². The lowest BCUT2D eigenvalue weighted by atomic mass is 10.2. The number of carbonyl (C=O) groups is 1. The first-order valence-electron chi connectivity index (χ1n) is 6.41. The summed E-state index contributed by atoms with van der Waals surface area (Å²) in [6.45, 7) is 1.31. The van der Waals surface area contributed by atoms with Gasteiger partial charge in [-0.05, 0) is 12.1 Å². The molecule has 1 aromatic heterocycles. The summed E-state index contributed by atoms with van der Waals surface area (Å²) >= 11 is 0. The van der Waals surface area contributed by atoms with Crippen molar-refractivity contribution < 1.29 is 9.32 Å². The van der Waals surface area contributed by atoms with E-state index < -0.39 is 0 Å². The quantitative estimate of drug-likeness (QED) is 0.861. The van der Waals surface area contributed by atoms with Crippen molar-refractivity contribution in [3.8, 4) is 0 Å². The molecule has 3 N–H and O–H groups in total. The van der Waals surface area contributed by atoms with Gasteiger partial charge in [0, 0.05) is 13.0 Å². The second-order valence-electron chi connectivity index (χ2n) is 4.55. The van der Waals surface area contributed by atoms with Gasteiger partial charge < -0.3 is 20.5 Å². The average molecular weight is 273 g/mol. The molecule has 1 aliphatic rings. The summed E-state index contributed by atoms with van der Waals surface area (Å²) < 4.78 is 5.00. The number of para-hydroxylation sites is 2. The van der Waals surface area contributed by atoms with Crippen molar-refractivity contribution in [1.82, 2.24) is 10.1 Å². The smallest absolute Gasteiger partial charge is 0.240 e. The predicted octanol–water partition coefficient (Wildman–Crippen LogP) is 0.877. The molecule has 0 aliphatic carbocycles. The standard InChI is InChI=1S/C13H15N5O2/c14-7-13-16-11(17-20-13)8-18-6-5-12(19)15-9-3-1-2-4-10(9)18/h1-4H,5-8,14H2,(H,15,19). The van der Waals surface area contributed by atoms with E-state index in [-0.39, 0.29) is 12.5 Å². The molecule has 104 valence electrons. The van der Waals surface area contributed by atoms with Gasteiger partial charge in [0.15, 0.2) is 5.82 Å². The largest absolute Gasteiger partial charge is 0.362 e. The monoisotopic (exact) mass is 273 g/mol. The van der Waals surface area contributed by atoms with Gasteiger partial charge in [0.2, 0.25) is 11.8 Å². The predicted molar refractivity (Wildman–Crippen MR) is 72.9 cm³/mol. The van der Waals surface area contributed by atoms with Crippen LogP contribution in [0.1, 0.15) is 18.1 Å². The Morgan fingerprint density at radius 2 is 2.25 bits per heavy atom. The van der Waals surface area contributed by atoms with Crippen LogP contribution in [0.2, 0.25) is 0 Å². The molecule has 0 saturated heterocycles. The van der Waals surface area contributed by atoms with E-state index in [4.69, 9.17) is 10.3 Å². The van der Waals surface area contributed by atoms with E-state index in [0.717, 1.165) is 11.4 Å². The van der Waals surface area contributed by atoms with E-state index in [1.165, 1.54) is 0 Å². The molecule has 7 nitrogen and oxygen atoms in total. The highest BCUT2D eigenvalue weighted by molar-refractivity contribution is 5.96. The first-order chi connectivity index (χ1) is 9.76. The number of benzene rings is 1. The third-order valence-electron chi connectivity index (χ3n) is 3.14. The molecular formula is C13H15N5O2. The van der Waals surface area contributed by atoms with Gasteiger partial charge in [-0.25, -0.2) is 0 Å². The van der Waals surface area contributed by atoms with E-state index in [1.807, 2.05) is 24.3 Å². The maximum Gasteiger partial charge on any atom is 0.240 e. The summed E-state index contributed by atoms with van der Waals surface area (Å²) in [7, 11) is 0. The second-order valence-corrected chi connectivity index (χ2v) is 4.55. The Labute approximate surface area is 115 Å². The Hall–Kier alpha value is -2.41. The van der Waals surface area contributed by atoms with Crippen molar-refractivity contribution in [1.29, 1.82) is 0 Å². The number of hydrogen-bond donors (Lipinski definition) is 2. The molecule has 0 radical (unpaired) electrons. The van der Waals surface area contributed by atoms with Crippen LogP contribution in [0.25, 0.3) is 0 Å². The molecule has 0 unspecified atom stereocenters. The maximum absolute atomic E-state index is 11.7. The summed E-state index contributed by atoms with van der Waals surface area (Å²) in [4.78, 5) is 17.9. The van der Waals surface area contributed by atoms with Gasteiger partial charge in [0.1, 0.15) is 0 Å². The van der Waals surface area contributed by atoms with Crippen molar-refractivity contribution in [3.63, 3.8) is 0 Å². The second kappa shape index (κ2) is 5.30. The lowest BCUT2D eigenvalue weighted by Gasteiger charge is -2.22. The molecular weight excluding hydrogens is 258 g/mol. The first-order valence-corrected chi connectivity index (χ1v) is 6.41. The number of fused-ring (bicyclic) bond motifs is 1. The van der Waals surface area contributed by atoms with Crippen molar-refractivity contribution in [2.24, 2.45) is 5.73 Å². The zero-order chi connectivity index (χ0) is 13.9. The van der Waals surface area contributed by atoms with Crippen LogP contribution in [0.4, 0.5) is 11.4 Å². The Balaban J connectivity index is 1.87. The maximum atomic E-state index is 11.7. The van der Waals surface area contributed by atoms with Crippen LogP contribution < -0.4 is 16.0 Å². The highest BCUT2D eigenvalue weighted by Crippen LogP contribution is 2.29. The number of nitrogens with one attached hydrogen (secondary N) is 1. The molecule has 0 bridgehead atoms. The average Bonchev–Trinajstić information content (AvgIpc) is 2.85. The fourth-order valence-electron chi connectivity index (χ4n) is 2.20. The van der Waals surface area contributed by atoms with Gasteiger partial charge in [-0.2, -0.15) is 4.98 Å². The van der Waals surface area contributed by atoms with Crippen LogP contribution in [0.5, 0.6) is 0 Å². The van der Waals surface area contributed by atoms with Crippen LogP contribution in [0.15, 0.2) is 28.8 Å². The number of carbonyl (C=O) groups excluding carboxylic acids is 1. The van der Waals surface area contributed by atoms with E-state index in [1.54, 1.807) is 0 Å². The first kappa shape index (κ1) is 12.6. The van der Waals surface area contributed by atoms with Crippen LogP contribution in [0.3, 0.4) is 0 Å². The van der Waals surface area contributed by atoms with Crippen molar-refractivity contribution >= 4 is 17.3 Å². The highest BCUT2D eigenvalue weighted by Gasteiger charge is 2.20. The van der Waals surface area contributed by atoms with Crippen LogP contribution >= 0.6 is 0 Å². The minimum atomic E-state index is 0.00992. The molecule has 0 saturated carbocycles.